The van der Waals surface area contributed by atoms with Crippen LogP contribution in [0.1, 0.15) is 54.1 Å². The number of hydrogen-bond donors (Lipinski definition) is 2. The molecule has 1 unspecified atom stereocenters. The molecule has 0 bridgehead atoms. The lowest BCUT2D eigenvalue weighted by Gasteiger charge is -2.38. The standard InChI is InChI=1S/C16H24N4O3/c1-17-13(21)8-16(23)6-3-7-20(10-16)15(22)12-9-18-19(2)14(12)11-4-5-11/h9,11,23H,3-8,10H2,1-2H3,(H,17,21). The number of aromatic nitrogens is 2. The van der Waals surface area contributed by atoms with E-state index in [9.17, 15) is 14.7 Å². The topological polar surface area (TPSA) is 87.5 Å². The van der Waals surface area contributed by atoms with Gasteiger partial charge < -0.3 is 15.3 Å². The van der Waals surface area contributed by atoms with Crippen molar-refractivity contribution in [2.24, 2.45) is 7.05 Å². The van der Waals surface area contributed by atoms with Crippen LogP contribution in [0.4, 0.5) is 0 Å². The van der Waals surface area contributed by atoms with Crippen molar-refractivity contribution in [3.05, 3.63) is 17.5 Å². The zero-order valence-corrected chi connectivity index (χ0v) is 13.7. The first-order chi connectivity index (χ1) is 10.9. The van der Waals surface area contributed by atoms with Crippen LogP contribution < -0.4 is 5.32 Å². The molecular formula is C16H24N4O3. The maximum Gasteiger partial charge on any atom is 0.257 e. The number of carbonyl (C=O) groups is 2. The summed E-state index contributed by atoms with van der Waals surface area (Å²) in [6.07, 6.45) is 5.07. The van der Waals surface area contributed by atoms with Gasteiger partial charge in [0.25, 0.3) is 5.91 Å². The van der Waals surface area contributed by atoms with Crippen LogP contribution >= 0.6 is 0 Å². The van der Waals surface area contributed by atoms with Gasteiger partial charge in [-0.05, 0) is 25.7 Å². The van der Waals surface area contributed by atoms with E-state index in [1.54, 1.807) is 22.8 Å². The van der Waals surface area contributed by atoms with Gasteiger partial charge >= 0.3 is 0 Å². The van der Waals surface area contributed by atoms with Gasteiger partial charge in [0.05, 0.1) is 36.0 Å². The van der Waals surface area contributed by atoms with Crippen molar-refractivity contribution in [3.8, 4) is 0 Å². The van der Waals surface area contributed by atoms with Gasteiger partial charge in [-0.3, -0.25) is 14.3 Å². The Kier molecular flexibility index (Phi) is 4.14. The summed E-state index contributed by atoms with van der Waals surface area (Å²) in [5.41, 5.74) is 0.491. The molecule has 2 fully saturated rings. The molecule has 7 heteroatoms. The summed E-state index contributed by atoms with van der Waals surface area (Å²) < 4.78 is 1.78. The minimum atomic E-state index is -1.14. The number of aliphatic hydroxyl groups is 1. The van der Waals surface area contributed by atoms with E-state index in [-0.39, 0.29) is 24.8 Å². The molecule has 3 rings (SSSR count). The number of aryl methyl sites for hydroxylation is 1. The lowest BCUT2D eigenvalue weighted by atomic mass is 9.89. The lowest BCUT2D eigenvalue weighted by Crippen LogP contribution is -2.52. The monoisotopic (exact) mass is 320 g/mol. The van der Waals surface area contributed by atoms with Gasteiger partial charge in [-0.1, -0.05) is 0 Å². The Morgan fingerprint density at radius 2 is 2.22 bits per heavy atom. The van der Waals surface area contributed by atoms with Crippen molar-refractivity contribution in [1.82, 2.24) is 20.0 Å². The third-order valence-electron chi connectivity index (χ3n) is 4.79. The second-order valence-electron chi connectivity index (χ2n) is 6.75. The molecule has 2 amide bonds. The van der Waals surface area contributed by atoms with Crippen LogP contribution in [0.5, 0.6) is 0 Å². The van der Waals surface area contributed by atoms with Crippen molar-refractivity contribution in [2.75, 3.05) is 20.1 Å². The maximum atomic E-state index is 12.9. The van der Waals surface area contributed by atoms with Crippen LogP contribution in [0.3, 0.4) is 0 Å². The maximum absolute atomic E-state index is 12.9. The van der Waals surface area contributed by atoms with E-state index in [1.807, 2.05) is 7.05 Å². The summed E-state index contributed by atoms with van der Waals surface area (Å²) >= 11 is 0. The third-order valence-corrected chi connectivity index (χ3v) is 4.79. The Hall–Kier alpha value is -1.89. The second kappa shape index (κ2) is 5.96. The number of likely N-dealkylation sites (tertiary alicyclic amines) is 1. The van der Waals surface area contributed by atoms with Gasteiger partial charge in [-0.15, -0.1) is 0 Å². The molecule has 7 nitrogen and oxygen atoms in total. The zero-order valence-electron chi connectivity index (χ0n) is 13.7. The summed E-state index contributed by atoms with van der Waals surface area (Å²) in [5, 5.41) is 17.4. The Bertz CT molecular complexity index is 623. The fourth-order valence-electron chi connectivity index (χ4n) is 3.44. The zero-order chi connectivity index (χ0) is 16.6. The lowest BCUT2D eigenvalue weighted by molar-refractivity contribution is -0.127. The highest BCUT2D eigenvalue weighted by Gasteiger charge is 2.39. The Morgan fingerprint density at radius 3 is 2.87 bits per heavy atom. The molecule has 2 aliphatic rings. The van der Waals surface area contributed by atoms with Crippen molar-refractivity contribution < 1.29 is 14.7 Å². The average Bonchev–Trinajstić information content (AvgIpc) is 3.28. The Morgan fingerprint density at radius 1 is 1.48 bits per heavy atom. The quantitative estimate of drug-likeness (QED) is 0.841. The van der Waals surface area contributed by atoms with E-state index < -0.39 is 5.60 Å². The third kappa shape index (κ3) is 3.24. The molecule has 1 aromatic rings. The van der Waals surface area contributed by atoms with E-state index in [0.717, 1.165) is 18.5 Å². The average molecular weight is 320 g/mol. The molecule has 0 spiro atoms. The summed E-state index contributed by atoms with van der Waals surface area (Å²) in [7, 11) is 3.41. The number of nitrogens with zero attached hydrogens (tertiary/aromatic N) is 3. The van der Waals surface area contributed by atoms with Gasteiger partial charge in [-0.2, -0.15) is 5.10 Å². The number of nitrogens with one attached hydrogen (secondary N) is 1. The number of β-amino-alcohol motifs (C(OH)–C–C–N with tert-alkyl or cyclic N) is 1. The minimum absolute atomic E-state index is 0.0236. The van der Waals surface area contributed by atoms with Gasteiger partial charge in [0.2, 0.25) is 5.91 Å². The summed E-state index contributed by atoms with van der Waals surface area (Å²) in [5.74, 6) is 0.132. The van der Waals surface area contributed by atoms with Crippen molar-refractivity contribution in [1.29, 1.82) is 0 Å². The smallest absolute Gasteiger partial charge is 0.257 e. The fraction of sp³-hybridized carbons (Fsp3) is 0.688. The summed E-state index contributed by atoms with van der Waals surface area (Å²) in [4.78, 5) is 26.1. The molecule has 2 heterocycles. The largest absolute Gasteiger partial charge is 0.388 e. The van der Waals surface area contributed by atoms with Gasteiger partial charge in [0.15, 0.2) is 0 Å². The number of piperidine rings is 1. The first-order valence-electron chi connectivity index (χ1n) is 8.17. The molecule has 0 aromatic carbocycles. The van der Waals surface area contributed by atoms with Gasteiger partial charge in [-0.25, -0.2) is 0 Å². The molecule has 1 aromatic heterocycles. The molecule has 1 aliphatic carbocycles. The summed E-state index contributed by atoms with van der Waals surface area (Å²) in [6.45, 7) is 0.798. The van der Waals surface area contributed by atoms with E-state index >= 15 is 0 Å². The molecule has 1 saturated carbocycles. The van der Waals surface area contributed by atoms with Crippen LogP contribution in [0.25, 0.3) is 0 Å². The Balaban J connectivity index is 1.76. The number of hydrogen-bond acceptors (Lipinski definition) is 4. The highest BCUT2D eigenvalue weighted by molar-refractivity contribution is 5.95. The molecule has 1 saturated heterocycles. The van der Waals surface area contributed by atoms with Crippen LogP contribution in [0.15, 0.2) is 6.20 Å². The molecule has 126 valence electrons. The predicted octanol–water partition coefficient (Wildman–Crippen LogP) is 0.401. The SMILES string of the molecule is CNC(=O)CC1(O)CCCN(C(=O)c2cnn(C)c2C2CC2)C1. The second-order valence-corrected chi connectivity index (χ2v) is 6.75. The molecule has 2 N–H and O–H groups in total. The van der Waals surface area contributed by atoms with E-state index in [1.165, 1.54) is 0 Å². The van der Waals surface area contributed by atoms with E-state index in [0.29, 0.717) is 30.9 Å². The molecule has 1 atom stereocenters. The highest BCUT2D eigenvalue weighted by atomic mass is 16.3. The molecule has 0 radical (unpaired) electrons. The van der Waals surface area contributed by atoms with Gasteiger partial charge in [0.1, 0.15) is 0 Å². The number of amides is 2. The molecular weight excluding hydrogens is 296 g/mol. The van der Waals surface area contributed by atoms with Crippen LogP contribution in [0, 0.1) is 0 Å². The first-order valence-corrected chi connectivity index (χ1v) is 8.17. The van der Waals surface area contributed by atoms with E-state index in [4.69, 9.17) is 0 Å². The van der Waals surface area contributed by atoms with Crippen molar-refractivity contribution in [2.45, 2.75) is 43.6 Å². The number of rotatable bonds is 4. The van der Waals surface area contributed by atoms with E-state index in [2.05, 4.69) is 10.4 Å². The minimum Gasteiger partial charge on any atom is -0.388 e. The molecule has 1 aliphatic heterocycles. The van der Waals surface area contributed by atoms with Gasteiger partial charge in [0, 0.05) is 26.6 Å². The normalized spacial score (nSPS) is 24.6. The van der Waals surface area contributed by atoms with Crippen molar-refractivity contribution in [3.63, 3.8) is 0 Å². The summed E-state index contributed by atoms with van der Waals surface area (Å²) in [6, 6.07) is 0. The predicted molar refractivity (Wildman–Crippen MR) is 84.0 cm³/mol. The fourth-order valence-corrected chi connectivity index (χ4v) is 3.44. The van der Waals surface area contributed by atoms with Crippen LogP contribution in [-0.4, -0.2) is 57.3 Å². The first kappa shape index (κ1) is 16.0. The Labute approximate surface area is 135 Å². The van der Waals surface area contributed by atoms with Crippen LogP contribution in [-0.2, 0) is 11.8 Å². The highest BCUT2D eigenvalue weighted by Crippen LogP contribution is 2.41. The molecule has 23 heavy (non-hydrogen) atoms. The number of carbonyl (C=O) groups excluding carboxylic acids is 2. The van der Waals surface area contributed by atoms with Crippen LogP contribution in [0.2, 0.25) is 0 Å². The van der Waals surface area contributed by atoms with Crippen molar-refractivity contribution >= 4 is 11.8 Å².